The molecule has 1 aromatic rings. The maximum Gasteiger partial charge on any atom is 0.410 e. The van der Waals surface area contributed by atoms with Crippen LogP contribution < -0.4 is 4.74 Å². The van der Waals surface area contributed by atoms with Crippen molar-refractivity contribution in [3.63, 3.8) is 0 Å². The van der Waals surface area contributed by atoms with E-state index in [1.165, 1.54) is 13.2 Å². The third-order valence-electron chi connectivity index (χ3n) is 3.44. The first kappa shape index (κ1) is 16.1. The standard InChI is InChI=1S/C16H21NO5/c1-16(2,3)22-15(20)17-8-7-11-10(9-17)5-6-12(14(18)19)13(11)21-4/h5-6H,7-9H2,1-4H3,(H,18,19). The van der Waals surface area contributed by atoms with Gasteiger partial charge in [0.05, 0.1) is 7.11 Å². The lowest BCUT2D eigenvalue weighted by Crippen LogP contribution is -2.40. The normalized spacial score (nSPS) is 14.3. The molecule has 0 atom stereocenters. The van der Waals surface area contributed by atoms with Crippen molar-refractivity contribution in [3.8, 4) is 5.75 Å². The van der Waals surface area contributed by atoms with Crippen molar-refractivity contribution in [2.24, 2.45) is 0 Å². The lowest BCUT2D eigenvalue weighted by molar-refractivity contribution is 0.0222. The molecule has 0 radical (unpaired) electrons. The molecule has 0 saturated carbocycles. The molecular formula is C16H21NO5. The number of carbonyl (C=O) groups is 2. The van der Waals surface area contributed by atoms with Gasteiger partial charge in [-0.1, -0.05) is 6.07 Å². The smallest absolute Gasteiger partial charge is 0.410 e. The van der Waals surface area contributed by atoms with E-state index < -0.39 is 11.6 Å². The van der Waals surface area contributed by atoms with Gasteiger partial charge in [0.2, 0.25) is 0 Å². The Morgan fingerprint density at radius 3 is 2.50 bits per heavy atom. The van der Waals surface area contributed by atoms with Crippen molar-refractivity contribution in [3.05, 3.63) is 28.8 Å². The van der Waals surface area contributed by atoms with Gasteiger partial charge in [0.15, 0.2) is 0 Å². The lowest BCUT2D eigenvalue weighted by Gasteiger charge is -2.32. The number of ether oxygens (including phenoxy) is 2. The highest BCUT2D eigenvalue weighted by Gasteiger charge is 2.28. The Morgan fingerprint density at radius 1 is 1.27 bits per heavy atom. The van der Waals surface area contributed by atoms with Crippen LogP contribution in [-0.2, 0) is 17.7 Å². The number of benzene rings is 1. The van der Waals surface area contributed by atoms with Gasteiger partial charge in [-0.3, -0.25) is 0 Å². The third-order valence-corrected chi connectivity index (χ3v) is 3.44. The van der Waals surface area contributed by atoms with Gasteiger partial charge in [-0.2, -0.15) is 0 Å². The number of carbonyl (C=O) groups excluding carboxylic acids is 1. The van der Waals surface area contributed by atoms with E-state index in [2.05, 4.69) is 0 Å². The molecule has 1 amide bonds. The molecule has 120 valence electrons. The molecule has 0 saturated heterocycles. The monoisotopic (exact) mass is 307 g/mol. The first-order valence-corrected chi connectivity index (χ1v) is 7.13. The van der Waals surface area contributed by atoms with Gasteiger partial charge < -0.3 is 19.5 Å². The Balaban J connectivity index is 2.25. The fraction of sp³-hybridized carbons (Fsp3) is 0.500. The SMILES string of the molecule is COc1c(C(=O)O)ccc2c1CCN(C(=O)OC(C)(C)C)C2. The Labute approximate surface area is 129 Å². The summed E-state index contributed by atoms with van der Waals surface area (Å²) in [4.78, 5) is 25.0. The maximum absolute atomic E-state index is 12.1. The second kappa shape index (κ2) is 5.87. The van der Waals surface area contributed by atoms with E-state index in [4.69, 9.17) is 9.47 Å². The Kier molecular flexibility index (Phi) is 4.30. The average Bonchev–Trinajstić information content (AvgIpc) is 2.43. The van der Waals surface area contributed by atoms with Crippen molar-refractivity contribution in [1.82, 2.24) is 4.90 Å². The summed E-state index contributed by atoms with van der Waals surface area (Å²) in [5, 5.41) is 9.20. The average molecular weight is 307 g/mol. The lowest BCUT2D eigenvalue weighted by atomic mass is 9.96. The summed E-state index contributed by atoms with van der Waals surface area (Å²) in [7, 11) is 1.46. The minimum Gasteiger partial charge on any atom is -0.496 e. The topological polar surface area (TPSA) is 76.1 Å². The summed E-state index contributed by atoms with van der Waals surface area (Å²) in [6, 6.07) is 3.25. The Hall–Kier alpha value is -2.24. The van der Waals surface area contributed by atoms with Crippen LogP contribution in [0.2, 0.25) is 0 Å². The number of aromatic carboxylic acids is 1. The molecule has 0 spiro atoms. The molecule has 0 unspecified atom stereocenters. The summed E-state index contributed by atoms with van der Waals surface area (Å²) in [5.74, 6) is -0.636. The number of nitrogens with zero attached hydrogens (tertiary/aromatic N) is 1. The molecule has 2 rings (SSSR count). The summed E-state index contributed by atoms with van der Waals surface area (Å²) in [6.45, 7) is 6.34. The van der Waals surface area contributed by atoms with Gasteiger partial charge in [0.1, 0.15) is 16.9 Å². The van der Waals surface area contributed by atoms with Gasteiger partial charge in [0.25, 0.3) is 0 Å². The highest BCUT2D eigenvalue weighted by molar-refractivity contribution is 5.91. The van der Waals surface area contributed by atoms with Crippen molar-refractivity contribution in [1.29, 1.82) is 0 Å². The van der Waals surface area contributed by atoms with Crippen LogP contribution in [0.1, 0.15) is 42.3 Å². The maximum atomic E-state index is 12.1. The largest absolute Gasteiger partial charge is 0.496 e. The number of rotatable bonds is 2. The predicted octanol–water partition coefficient (Wildman–Crippen LogP) is 2.69. The van der Waals surface area contributed by atoms with E-state index in [-0.39, 0.29) is 11.7 Å². The first-order chi connectivity index (χ1) is 10.2. The quantitative estimate of drug-likeness (QED) is 0.909. The molecule has 1 aromatic carbocycles. The molecule has 6 heteroatoms. The van der Waals surface area contributed by atoms with Gasteiger partial charge >= 0.3 is 12.1 Å². The molecule has 1 heterocycles. The molecule has 6 nitrogen and oxygen atoms in total. The van der Waals surface area contributed by atoms with E-state index in [0.717, 1.165) is 11.1 Å². The first-order valence-electron chi connectivity index (χ1n) is 7.13. The number of carboxylic acids is 1. The number of methoxy groups -OCH3 is 1. The van der Waals surface area contributed by atoms with E-state index in [0.29, 0.717) is 25.3 Å². The highest BCUT2D eigenvalue weighted by Crippen LogP contribution is 2.32. The van der Waals surface area contributed by atoms with Crippen LogP contribution in [0, 0.1) is 0 Å². The molecule has 1 N–H and O–H groups in total. The van der Waals surface area contributed by atoms with Crippen molar-refractivity contribution >= 4 is 12.1 Å². The molecular weight excluding hydrogens is 286 g/mol. The fourth-order valence-electron chi connectivity index (χ4n) is 2.51. The Morgan fingerprint density at radius 2 is 1.95 bits per heavy atom. The molecule has 0 aromatic heterocycles. The second-order valence-corrected chi connectivity index (χ2v) is 6.24. The van der Waals surface area contributed by atoms with Crippen LogP contribution in [-0.4, -0.2) is 41.3 Å². The summed E-state index contributed by atoms with van der Waals surface area (Å²) < 4.78 is 10.6. The van der Waals surface area contributed by atoms with Gasteiger partial charge in [-0.15, -0.1) is 0 Å². The van der Waals surface area contributed by atoms with Gasteiger partial charge in [-0.25, -0.2) is 9.59 Å². The van der Waals surface area contributed by atoms with E-state index in [1.807, 2.05) is 20.8 Å². The highest BCUT2D eigenvalue weighted by atomic mass is 16.6. The number of amides is 1. The van der Waals surface area contributed by atoms with Crippen LogP contribution in [0.25, 0.3) is 0 Å². The number of carboxylic acid groups (broad SMARTS) is 1. The van der Waals surface area contributed by atoms with E-state index in [1.54, 1.807) is 11.0 Å². The zero-order chi connectivity index (χ0) is 16.5. The van der Waals surface area contributed by atoms with E-state index >= 15 is 0 Å². The van der Waals surface area contributed by atoms with Gasteiger partial charge in [0, 0.05) is 18.7 Å². The zero-order valence-corrected chi connectivity index (χ0v) is 13.3. The zero-order valence-electron chi connectivity index (χ0n) is 13.3. The fourth-order valence-corrected chi connectivity index (χ4v) is 2.51. The molecule has 1 aliphatic rings. The van der Waals surface area contributed by atoms with Crippen LogP contribution in [0.15, 0.2) is 12.1 Å². The minimum atomic E-state index is -1.02. The van der Waals surface area contributed by atoms with Crippen molar-refractivity contribution in [2.45, 2.75) is 39.3 Å². The van der Waals surface area contributed by atoms with Gasteiger partial charge in [-0.05, 0) is 38.8 Å². The second-order valence-electron chi connectivity index (χ2n) is 6.24. The summed E-state index contributed by atoms with van der Waals surface area (Å²) >= 11 is 0. The molecule has 0 aliphatic carbocycles. The summed E-state index contributed by atoms with van der Waals surface area (Å²) in [5.41, 5.74) is 1.34. The van der Waals surface area contributed by atoms with Crippen molar-refractivity contribution < 1.29 is 24.2 Å². The van der Waals surface area contributed by atoms with Crippen LogP contribution in [0.5, 0.6) is 5.75 Å². The molecule has 1 aliphatic heterocycles. The summed E-state index contributed by atoms with van der Waals surface area (Å²) in [6.07, 6.45) is 0.179. The van der Waals surface area contributed by atoms with E-state index in [9.17, 15) is 14.7 Å². The molecule has 22 heavy (non-hydrogen) atoms. The molecule has 0 fully saturated rings. The Bertz CT molecular complexity index is 603. The minimum absolute atomic E-state index is 0.145. The predicted molar refractivity (Wildman–Crippen MR) is 80.3 cm³/mol. The third kappa shape index (κ3) is 3.32. The number of hydrogen-bond donors (Lipinski definition) is 1. The number of fused-ring (bicyclic) bond motifs is 1. The van der Waals surface area contributed by atoms with Crippen LogP contribution >= 0.6 is 0 Å². The molecule has 0 bridgehead atoms. The number of hydrogen-bond acceptors (Lipinski definition) is 4. The van der Waals surface area contributed by atoms with Crippen LogP contribution in [0.4, 0.5) is 4.79 Å². The van der Waals surface area contributed by atoms with Crippen LogP contribution in [0.3, 0.4) is 0 Å². The van der Waals surface area contributed by atoms with Crippen molar-refractivity contribution in [2.75, 3.05) is 13.7 Å².